The number of carbonyl (C=O) groups is 1. The molecular weight excluding hydrogens is 355 g/mol. The van der Waals surface area contributed by atoms with Crippen LogP contribution in [0, 0.1) is 5.82 Å². The molecule has 0 bridgehead atoms. The number of aromatic nitrogens is 1. The van der Waals surface area contributed by atoms with Gasteiger partial charge in [0.1, 0.15) is 23.2 Å². The fourth-order valence-corrected chi connectivity index (χ4v) is 3.09. The lowest BCUT2D eigenvalue weighted by atomic mass is 10.1. The van der Waals surface area contributed by atoms with E-state index in [0.717, 1.165) is 17.8 Å². The number of aliphatic imine (C=N–C) groups is 1. The first kappa shape index (κ1) is 19.7. The van der Waals surface area contributed by atoms with Crippen molar-refractivity contribution < 1.29 is 9.18 Å². The van der Waals surface area contributed by atoms with E-state index in [1.54, 1.807) is 29.3 Å². The Kier molecular flexibility index (Phi) is 6.19. The maximum absolute atomic E-state index is 13.9. The number of hydrogen-bond donors (Lipinski definition) is 0. The summed E-state index contributed by atoms with van der Waals surface area (Å²) in [6, 6.07) is 10.5. The molecule has 6 heteroatoms. The predicted octanol–water partition coefficient (Wildman–Crippen LogP) is 3.91. The lowest BCUT2D eigenvalue weighted by molar-refractivity contribution is -0.122. The molecule has 146 valence electrons. The van der Waals surface area contributed by atoms with Crippen molar-refractivity contribution in [3.63, 3.8) is 0 Å². The first-order valence-corrected chi connectivity index (χ1v) is 9.47. The monoisotopic (exact) mass is 380 g/mol. The van der Waals surface area contributed by atoms with Gasteiger partial charge in [-0.1, -0.05) is 25.1 Å². The van der Waals surface area contributed by atoms with Gasteiger partial charge in [0.15, 0.2) is 0 Å². The van der Waals surface area contributed by atoms with Crippen LogP contribution in [0.5, 0.6) is 0 Å². The molecule has 28 heavy (non-hydrogen) atoms. The van der Waals surface area contributed by atoms with E-state index >= 15 is 0 Å². The van der Waals surface area contributed by atoms with Gasteiger partial charge in [0.05, 0.1) is 0 Å². The highest BCUT2D eigenvalue weighted by Gasteiger charge is 2.29. The largest absolute Gasteiger partial charge is 0.363 e. The zero-order valence-electron chi connectivity index (χ0n) is 16.5. The Balaban J connectivity index is 1.81. The van der Waals surface area contributed by atoms with Gasteiger partial charge in [-0.3, -0.25) is 9.69 Å². The van der Waals surface area contributed by atoms with Gasteiger partial charge >= 0.3 is 0 Å². The molecule has 0 unspecified atom stereocenters. The van der Waals surface area contributed by atoms with Crippen LogP contribution in [-0.2, 0) is 11.2 Å². The molecule has 1 amide bonds. The molecule has 0 fully saturated rings. The third kappa shape index (κ3) is 4.44. The van der Waals surface area contributed by atoms with Crippen molar-refractivity contribution in [3.05, 3.63) is 65.2 Å². The standard InChI is InChI=1S/C22H25FN4O/c1-4-13-27-21(12-10-17-7-5-6-8-18(17)23)25-19(22(27)28)14-16-9-11-20(24-15-16)26(2)3/h5-9,11,14-15H,4,10,12-13H2,1-3H3/b19-14-. The highest BCUT2D eigenvalue weighted by molar-refractivity contribution is 6.14. The van der Waals surface area contributed by atoms with Gasteiger partial charge in [-0.2, -0.15) is 0 Å². The van der Waals surface area contributed by atoms with Crippen LogP contribution in [0.2, 0.25) is 0 Å². The molecule has 0 spiro atoms. The Hall–Kier alpha value is -3.02. The lowest BCUT2D eigenvalue weighted by Gasteiger charge is -2.17. The van der Waals surface area contributed by atoms with Crippen LogP contribution in [0.3, 0.4) is 0 Å². The Labute approximate surface area is 165 Å². The predicted molar refractivity (Wildman–Crippen MR) is 111 cm³/mol. The summed E-state index contributed by atoms with van der Waals surface area (Å²) in [5.74, 6) is 1.21. The minimum absolute atomic E-state index is 0.109. The van der Waals surface area contributed by atoms with E-state index in [4.69, 9.17) is 0 Å². The van der Waals surface area contributed by atoms with Gasteiger partial charge in [-0.05, 0) is 48.2 Å². The number of amides is 1. The number of amidine groups is 1. The van der Waals surface area contributed by atoms with Crippen LogP contribution in [-0.4, -0.2) is 42.3 Å². The first-order valence-electron chi connectivity index (χ1n) is 9.47. The minimum atomic E-state index is -0.225. The summed E-state index contributed by atoms with van der Waals surface area (Å²) >= 11 is 0. The average molecular weight is 380 g/mol. The fraction of sp³-hybridized carbons (Fsp3) is 0.318. The van der Waals surface area contributed by atoms with E-state index in [2.05, 4.69) is 9.98 Å². The number of hydrogen-bond acceptors (Lipinski definition) is 4. The second kappa shape index (κ2) is 8.78. The molecule has 1 aliphatic rings. The van der Waals surface area contributed by atoms with Gasteiger partial charge in [0.25, 0.3) is 5.91 Å². The molecule has 1 aromatic heterocycles. The molecule has 5 nitrogen and oxygen atoms in total. The molecule has 3 rings (SSSR count). The third-order valence-electron chi connectivity index (χ3n) is 4.58. The SMILES string of the molecule is CCCN1C(=O)/C(=C/c2ccc(N(C)C)nc2)N=C1CCc1ccccc1F. The summed E-state index contributed by atoms with van der Waals surface area (Å²) < 4.78 is 13.9. The van der Waals surface area contributed by atoms with Crippen molar-refractivity contribution in [1.29, 1.82) is 0 Å². The van der Waals surface area contributed by atoms with E-state index < -0.39 is 0 Å². The van der Waals surface area contributed by atoms with Crippen LogP contribution in [0.15, 0.2) is 53.3 Å². The molecule has 0 N–H and O–H groups in total. The molecule has 0 saturated heterocycles. The second-order valence-corrected chi connectivity index (χ2v) is 6.95. The van der Waals surface area contributed by atoms with Crippen molar-refractivity contribution in [2.24, 2.45) is 4.99 Å². The van der Waals surface area contributed by atoms with Gasteiger partial charge in [0, 0.05) is 33.3 Å². The highest BCUT2D eigenvalue weighted by Crippen LogP contribution is 2.22. The van der Waals surface area contributed by atoms with E-state index in [9.17, 15) is 9.18 Å². The first-order chi connectivity index (χ1) is 13.5. The molecule has 0 saturated carbocycles. The Morgan fingerprint density at radius 3 is 2.57 bits per heavy atom. The number of nitrogens with zero attached hydrogens (tertiary/aromatic N) is 4. The Bertz CT molecular complexity index is 903. The highest BCUT2D eigenvalue weighted by atomic mass is 19.1. The van der Waals surface area contributed by atoms with Gasteiger partial charge in [0.2, 0.25) is 0 Å². The average Bonchev–Trinajstić information content (AvgIpc) is 2.97. The smallest absolute Gasteiger partial charge is 0.277 e. The number of benzene rings is 1. The van der Waals surface area contributed by atoms with Crippen LogP contribution < -0.4 is 4.90 Å². The second-order valence-electron chi connectivity index (χ2n) is 6.95. The molecule has 0 radical (unpaired) electrons. The van der Waals surface area contributed by atoms with Crippen molar-refractivity contribution in [1.82, 2.24) is 9.88 Å². The number of anilines is 1. The summed E-state index contributed by atoms with van der Waals surface area (Å²) in [4.78, 5) is 25.4. The quantitative estimate of drug-likeness (QED) is 0.684. The number of rotatable bonds is 7. The summed E-state index contributed by atoms with van der Waals surface area (Å²) in [6.45, 7) is 2.62. The Morgan fingerprint density at radius 2 is 1.93 bits per heavy atom. The van der Waals surface area contributed by atoms with Crippen LogP contribution in [0.1, 0.15) is 30.9 Å². The zero-order chi connectivity index (χ0) is 20.1. The topological polar surface area (TPSA) is 48.8 Å². The van der Waals surface area contributed by atoms with Gasteiger partial charge in [-0.25, -0.2) is 14.4 Å². The van der Waals surface area contributed by atoms with Crippen molar-refractivity contribution in [2.45, 2.75) is 26.2 Å². The molecular formula is C22H25FN4O. The summed E-state index contributed by atoms with van der Waals surface area (Å²) in [5.41, 5.74) is 1.86. The minimum Gasteiger partial charge on any atom is -0.363 e. The zero-order valence-corrected chi connectivity index (χ0v) is 16.5. The normalized spacial score (nSPS) is 15.3. The lowest BCUT2D eigenvalue weighted by Crippen LogP contribution is -2.33. The van der Waals surface area contributed by atoms with Gasteiger partial charge in [-0.15, -0.1) is 0 Å². The molecule has 0 atom stereocenters. The molecule has 1 aromatic carbocycles. The van der Waals surface area contributed by atoms with Crippen molar-refractivity contribution >= 4 is 23.6 Å². The summed E-state index contributed by atoms with van der Waals surface area (Å²) in [5, 5.41) is 0. The van der Waals surface area contributed by atoms with Crippen LogP contribution >= 0.6 is 0 Å². The van der Waals surface area contributed by atoms with Crippen molar-refractivity contribution in [2.75, 3.05) is 25.5 Å². The van der Waals surface area contributed by atoms with Crippen LogP contribution in [0.4, 0.5) is 10.2 Å². The van der Waals surface area contributed by atoms with E-state index in [0.29, 0.717) is 36.5 Å². The summed E-state index contributed by atoms with van der Waals surface area (Å²) in [7, 11) is 3.85. The maximum Gasteiger partial charge on any atom is 0.277 e. The molecule has 0 aliphatic carbocycles. The number of halogens is 1. The van der Waals surface area contributed by atoms with Crippen LogP contribution in [0.25, 0.3) is 6.08 Å². The van der Waals surface area contributed by atoms with E-state index in [1.165, 1.54) is 6.07 Å². The number of aryl methyl sites for hydroxylation is 1. The number of carbonyl (C=O) groups excluding carboxylic acids is 1. The fourth-order valence-electron chi connectivity index (χ4n) is 3.09. The molecule has 1 aliphatic heterocycles. The van der Waals surface area contributed by atoms with E-state index in [-0.39, 0.29) is 11.7 Å². The third-order valence-corrected chi connectivity index (χ3v) is 4.58. The van der Waals surface area contributed by atoms with Gasteiger partial charge < -0.3 is 4.90 Å². The van der Waals surface area contributed by atoms with Crippen molar-refractivity contribution in [3.8, 4) is 0 Å². The molecule has 2 aromatic rings. The van der Waals surface area contributed by atoms with E-state index in [1.807, 2.05) is 44.1 Å². The number of pyridine rings is 1. The molecule has 2 heterocycles. The maximum atomic E-state index is 13.9. The summed E-state index contributed by atoms with van der Waals surface area (Å²) in [6.07, 6.45) is 5.34. The Morgan fingerprint density at radius 1 is 1.14 bits per heavy atom.